The molecule has 3 nitrogen and oxygen atoms in total. The Kier molecular flexibility index (Phi) is 15.0. The molecule has 0 aliphatic carbocycles. The van der Waals surface area contributed by atoms with Gasteiger partial charge in [-0.05, 0) is 44.6 Å². The summed E-state index contributed by atoms with van der Waals surface area (Å²) >= 11 is 0. The van der Waals surface area contributed by atoms with Gasteiger partial charge in [0.15, 0.2) is 5.78 Å². The minimum atomic E-state index is -0.700. The number of rotatable bonds is 16. The van der Waals surface area contributed by atoms with Crippen LogP contribution in [0.15, 0.2) is 11.6 Å². The minimum Gasteiger partial charge on any atom is -0.481 e. The SMILES string of the molecule is CCCCCCCC/C(=C\CCCCCCCC(=O)O)C(C)=O. The van der Waals surface area contributed by atoms with Gasteiger partial charge in [-0.25, -0.2) is 0 Å². The highest BCUT2D eigenvalue weighted by Crippen LogP contribution is 2.15. The lowest BCUT2D eigenvalue weighted by Crippen LogP contribution is -1.97. The molecule has 0 unspecified atom stereocenters. The van der Waals surface area contributed by atoms with Crippen molar-refractivity contribution in [2.75, 3.05) is 0 Å². The van der Waals surface area contributed by atoms with Gasteiger partial charge < -0.3 is 5.11 Å². The fourth-order valence-electron chi connectivity index (χ4n) is 2.74. The molecular formula is C20H36O3. The van der Waals surface area contributed by atoms with Crippen molar-refractivity contribution < 1.29 is 14.7 Å². The quantitative estimate of drug-likeness (QED) is 0.277. The van der Waals surface area contributed by atoms with E-state index < -0.39 is 5.97 Å². The van der Waals surface area contributed by atoms with Crippen molar-refractivity contribution in [1.82, 2.24) is 0 Å². The van der Waals surface area contributed by atoms with E-state index in [-0.39, 0.29) is 12.2 Å². The average molecular weight is 325 g/mol. The summed E-state index contributed by atoms with van der Waals surface area (Å²) in [4.78, 5) is 22.0. The molecule has 1 N–H and O–H groups in total. The number of carbonyl (C=O) groups is 2. The van der Waals surface area contributed by atoms with E-state index in [1.807, 2.05) is 0 Å². The number of hydrogen-bond donors (Lipinski definition) is 1. The van der Waals surface area contributed by atoms with E-state index in [0.29, 0.717) is 0 Å². The van der Waals surface area contributed by atoms with Gasteiger partial charge in [0.2, 0.25) is 0 Å². The lowest BCUT2D eigenvalue weighted by Gasteiger charge is -2.05. The first-order valence-electron chi connectivity index (χ1n) is 9.49. The van der Waals surface area contributed by atoms with Crippen LogP contribution in [0.3, 0.4) is 0 Å². The molecule has 0 amide bonds. The molecule has 0 aromatic heterocycles. The normalized spacial score (nSPS) is 11.7. The largest absolute Gasteiger partial charge is 0.481 e. The summed E-state index contributed by atoms with van der Waals surface area (Å²) in [6.07, 6.45) is 17.0. The second-order valence-corrected chi connectivity index (χ2v) is 6.50. The van der Waals surface area contributed by atoms with Crippen molar-refractivity contribution in [3.05, 3.63) is 11.6 Å². The van der Waals surface area contributed by atoms with E-state index in [0.717, 1.165) is 56.9 Å². The molecule has 23 heavy (non-hydrogen) atoms. The maximum atomic E-state index is 11.7. The van der Waals surface area contributed by atoms with Gasteiger partial charge in [-0.3, -0.25) is 9.59 Å². The van der Waals surface area contributed by atoms with Crippen molar-refractivity contribution in [1.29, 1.82) is 0 Å². The molecular weight excluding hydrogens is 288 g/mol. The van der Waals surface area contributed by atoms with Crippen LogP contribution >= 0.6 is 0 Å². The van der Waals surface area contributed by atoms with Crippen LogP contribution < -0.4 is 0 Å². The van der Waals surface area contributed by atoms with Crippen molar-refractivity contribution in [3.63, 3.8) is 0 Å². The third-order valence-electron chi connectivity index (χ3n) is 4.24. The van der Waals surface area contributed by atoms with E-state index in [1.54, 1.807) is 6.92 Å². The molecule has 0 aromatic carbocycles. The standard InChI is InChI=1S/C20H36O3/c1-3-4-5-6-9-12-15-19(18(2)21)16-13-10-7-8-11-14-17-20(22)23/h16H,3-15,17H2,1-2H3,(H,22,23)/b19-16+. The third kappa shape index (κ3) is 15.5. The van der Waals surface area contributed by atoms with Gasteiger partial charge in [-0.1, -0.05) is 64.4 Å². The number of Topliss-reactive ketones (excluding diaryl/α,β-unsaturated/α-hetero) is 1. The second-order valence-electron chi connectivity index (χ2n) is 6.50. The minimum absolute atomic E-state index is 0.222. The number of carbonyl (C=O) groups excluding carboxylic acids is 1. The van der Waals surface area contributed by atoms with E-state index >= 15 is 0 Å². The molecule has 0 aliphatic rings. The Hall–Kier alpha value is -1.12. The lowest BCUT2D eigenvalue weighted by molar-refractivity contribution is -0.137. The molecule has 134 valence electrons. The first-order chi connectivity index (χ1) is 11.1. The van der Waals surface area contributed by atoms with Crippen molar-refractivity contribution in [2.45, 2.75) is 104 Å². The molecule has 0 rings (SSSR count). The molecule has 0 aromatic rings. The smallest absolute Gasteiger partial charge is 0.303 e. The Morgan fingerprint density at radius 2 is 1.30 bits per heavy atom. The summed E-state index contributed by atoms with van der Waals surface area (Å²) in [5, 5.41) is 8.56. The first-order valence-corrected chi connectivity index (χ1v) is 9.49. The lowest BCUT2D eigenvalue weighted by atomic mass is 10.0. The Morgan fingerprint density at radius 1 is 0.783 bits per heavy atom. The Bertz CT molecular complexity index is 345. The van der Waals surface area contributed by atoms with Gasteiger partial charge in [0, 0.05) is 6.42 Å². The van der Waals surface area contributed by atoms with Crippen LogP contribution in [0.4, 0.5) is 0 Å². The van der Waals surface area contributed by atoms with E-state index in [1.165, 1.54) is 32.1 Å². The summed E-state index contributed by atoms with van der Waals surface area (Å²) in [5.41, 5.74) is 1.01. The summed E-state index contributed by atoms with van der Waals surface area (Å²) < 4.78 is 0. The monoisotopic (exact) mass is 324 g/mol. The number of allylic oxidation sites excluding steroid dienone is 2. The van der Waals surface area contributed by atoms with Crippen LogP contribution in [0.1, 0.15) is 104 Å². The van der Waals surface area contributed by atoms with Crippen molar-refractivity contribution in [3.8, 4) is 0 Å². The number of hydrogen-bond acceptors (Lipinski definition) is 2. The molecule has 3 heteroatoms. The van der Waals surface area contributed by atoms with Crippen LogP contribution in [0.2, 0.25) is 0 Å². The predicted octanol–water partition coefficient (Wildman–Crippen LogP) is 6.07. The van der Waals surface area contributed by atoms with Gasteiger partial charge in [0.05, 0.1) is 0 Å². The van der Waals surface area contributed by atoms with Gasteiger partial charge in [-0.2, -0.15) is 0 Å². The van der Waals surface area contributed by atoms with Crippen LogP contribution in [-0.4, -0.2) is 16.9 Å². The van der Waals surface area contributed by atoms with Crippen LogP contribution in [0, 0.1) is 0 Å². The molecule has 0 aliphatic heterocycles. The molecule has 0 heterocycles. The molecule has 0 fully saturated rings. The maximum Gasteiger partial charge on any atom is 0.303 e. The van der Waals surface area contributed by atoms with Crippen LogP contribution in [0.25, 0.3) is 0 Å². The topological polar surface area (TPSA) is 54.4 Å². The Balaban J connectivity index is 3.69. The zero-order chi connectivity index (χ0) is 17.3. The fraction of sp³-hybridized carbons (Fsp3) is 0.800. The molecule has 0 bridgehead atoms. The number of unbranched alkanes of at least 4 members (excludes halogenated alkanes) is 10. The Morgan fingerprint density at radius 3 is 1.87 bits per heavy atom. The Labute approximate surface area is 142 Å². The first kappa shape index (κ1) is 21.9. The number of aliphatic carboxylic acids is 1. The summed E-state index contributed by atoms with van der Waals surface area (Å²) in [7, 11) is 0. The molecule has 0 spiro atoms. The fourth-order valence-corrected chi connectivity index (χ4v) is 2.74. The summed E-state index contributed by atoms with van der Waals surface area (Å²) in [6, 6.07) is 0. The van der Waals surface area contributed by atoms with Crippen LogP contribution in [-0.2, 0) is 9.59 Å². The van der Waals surface area contributed by atoms with E-state index in [2.05, 4.69) is 13.0 Å². The third-order valence-corrected chi connectivity index (χ3v) is 4.24. The summed E-state index contributed by atoms with van der Waals surface area (Å²) in [5.74, 6) is -0.478. The van der Waals surface area contributed by atoms with E-state index in [9.17, 15) is 9.59 Å². The zero-order valence-corrected chi connectivity index (χ0v) is 15.2. The number of ketones is 1. The predicted molar refractivity (Wildman–Crippen MR) is 96.7 cm³/mol. The number of carboxylic acids is 1. The molecule has 0 atom stereocenters. The van der Waals surface area contributed by atoms with Crippen molar-refractivity contribution >= 4 is 11.8 Å². The average Bonchev–Trinajstić information content (AvgIpc) is 2.50. The summed E-state index contributed by atoms with van der Waals surface area (Å²) in [6.45, 7) is 3.90. The highest BCUT2D eigenvalue weighted by molar-refractivity contribution is 5.93. The van der Waals surface area contributed by atoms with E-state index in [4.69, 9.17) is 5.11 Å². The second kappa shape index (κ2) is 15.8. The van der Waals surface area contributed by atoms with Gasteiger partial charge in [0.25, 0.3) is 0 Å². The molecule has 0 saturated carbocycles. The zero-order valence-electron chi connectivity index (χ0n) is 15.2. The van der Waals surface area contributed by atoms with Crippen LogP contribution in [0.5, 0.6) is 0 Å². The molecule has 0 saturated heterocycles. The van der Waals surface area contributed by atoms with Gasteiger partial charge >= 0.3 is 5.97 Å². The number of carboxylic acid groups (broad SMARTS) is 1. The highest BCUT2D eigenvalue weighted by Gasteiger charge is 2.03. The van der Waals surface area contributed by atoms with Crippen molar-refractivity contribution in [2.24, 2.45) is 0 Å². The molecule has 0 radical (unpaired) electrons. The van der Waals surface area contributed by atoms with Gasteiger partial charge in [-0.15, -0.1) is 0 Å². The van der Waals surface area contributed by atoms with Gasteiger partial charge in [0.1, 0.15) is 0 Å². The maximum absolute atomic E-state index is 11.7. The highest BCUT2D eigenvalue weighted by atomic mass is 16.4.